The molecule has 0 bridgehead atoms. The highest BCUT2D eigenvalue weighted by Gasteiger charge is 2.23. The SMILES string of the molecule is c1ccc(-c2ccc(-n3c4ccc5c(c6ccccc6n5-c5nc(-c6ccc7c(c6)oc6ccccc67)c6ccccc6n5)c4c4ccc5ccccc5c43)cc2)cc1. The summed E-state index contributed by atoms with van der Waals surface area (Å²) in [5.41, 5.74) is 12.4. The highest BCUT2D eigenvalue weighted by atomic mass is 16.3. The van der Waals surface area contributed by atoms with Gasteiger partial charge in [-0.05, 0) is 71.1 Å². The first-order chi connectivity index (χ1) is 29.3. The van der Waals surface area contributed by atoms with Gasteiger partial charge < -0.3 is 8.98 Å². The molecule has 0 aliphatic carbocycles. The van der Waals surface area contributed by atoms with E-state index in [2.05, 4.69) is 185 Å². The summed E-state index contributed by atoms with van der Waals surface area (Å²) in [5.74, 6) is 0.625. The zero-order valence-electron chi connectivity index (χ0n) is 31.7. The van der Waals surface area contributed by atoms with Gasteiger partial charge in [0, 0.05) is 54.3 Å². The normalized spacial score (nSPS) is 12.1. The molecule has 0 saturated heterocycles. The van der Waals surface area contributed by atoms with Crippen LogP contribution >= 0.6 is 0 Å². The Bertz CT molecular complexity index is 3830. The molecule has 13 aromatic rings. The maximum atomic E-state index is 6.36. The van der Waals surface area contributed by atoms with Crippen molar-refractivity contribution in [3.05, 3.63) is 194 Å². The van der Waals surface area contributed by atoms with Crippen molar-refractivity contribution in [3.8, 4) is 34.0 Å². The molecule has 5 heteroatoms. The molecule has 0 aliphatic heterocycles. The quantitative estimate of drug-likeness (QED) is 0.180. The molecule has 13 rings (SSSR count). The van der Waals surface area contributed by atoms with Gasteiger partial charge in [-0.3, -0.25) is 4.57 Å². The second-order valence-electron chi connectivity index (χ2n) is 15.3. The minimum absolute atomic E-state index is 0.625. The third kappa shape index (κ3) is 4.67. The van der Waals surface area contributed by atoms with Crippen LogP contribution < -0.4 is 0 Å². The van der Waals surface area contributed by atoms with E-state index in [-0.39, 0.29) is 0 Å². The van der Waals surface area contributed by atoms with E-state index in [1.807, 2.05) is 18.2 Å². The number of nitrogens with zero attached hydrogens (tertiary/aromatic N) is 4. The van der Waals surface area contributed by atoms with Crippen molar-refractivity contribution in [2.75, 3.05) is 0 Å². The molecule has 5 nitrogen and oxygen atoms in total. The highest BCUT2D eigenvalue weighted by Crippen LogP contribution is 2.44. The fourth-order valence-electron chi connectivity index (χ4n) is 9.50. The van der Waals surface area contributed by atoms with Gasteiger partial charge in [-0.25, -0.2) is 9.97 Å². The summed E-state index contributed by atoms with van der Waals surface area (Å²) in [4.78, 5) is 10.7. The number of hydrogen-bond donors (Lipinski definition) is 0. The van der Waals surface area contributed by atoms with E-state index in [0.717, 1.165) is 71.7 Å². The predicted molar refractivity (Wildman–Crippen MR) is 244 cm³/mol. The van der Waals surface area contributed by atoms with E-state index < -0.39 is 0 Å². The molecule has 0 radical (unpaired) electrons. The topological polar surface area (TPSA) is 48.8 Å². The molecular weight excluding hydrogens is 721 g/mol. The third-order valence-corrected chi connectivity index (χ3v) is 12.1. The van der Waals surface area contributed by atoms with Gasteiger partial charge in [0.15, 0.2) is 0 Å². The maximum absolute atomic E-state index is 6.36. The van der Waals surface area contributed by atoms with E-state index in [1.165, 1.54) is 43.6 Å². The maximum Gasteiger partial charge on any atom is 0.235 e. The van der Waals surface area contributed by atoms with E-state index in [9.17, 15) is 0 Å². The number of hydrogen-bond acceptors (Lipinski definition) is 3. The van der Waals surface area contributed by atoms with Crippen LogP contribution in [0.1, 0.15) is 0 Å². The van der Waals surface area contributed by atoms with Crippen LogP contribution in [0.4, 0.5) is 0 Å². The number of furan rings is 1. The molecular formula is C54H32N4O. The van der Waals surface area contributed by atoms with E-state index in [0.29, 0.717) is 5.95 Å². The molecule has 0 aliphatic rings. The summed E-state index contributed by atoms with van der Waals surface area (Å²) in [6, 6.07) is 69.0. The summed E-state index contributed by atoms with van der Waals surface area (Å²) >= 11 is 0. The molecule has 274 valence electrons. The first kappa shape index (κ1) is 32.1. The first-order valence-electron chi connectivity index (χ1n) is 20.0. The van der Waals surface area contributed by atoms with Crippen molar-refractivity contribution in [2.45, 2.75) is 0 Å². The van der Waals surface area contributed by atoms with Gasteiger partial charge in [0.2, 0.25) is 5.95 Å². The minimum Gasteiger partial charge on any atom is -0.456 e. The van der Waals surface area contributed by atoms with E-state index in [1.54, 1.807) is 0 Å². The Labute approximate surface area is 337 Å². The minimum atomic E-state index is 0.625. The molecule has 0 saturated carbocycles. The lowest BCUT2D eigenvalue weighted by atomic mass is 10.0. The summed E-state index contributed by atoms with van der Waals surface area (Å²) in [5, 5.41) is 10.4. The van der Waals surface area contributed by atoms with Crippen molar-refractivity contribution < 1.29 is 4.42 Å². The number of para-hydroxylation sites is 3. The highest BCUT2D eigenvalue weighted by molar-refractivity contribution is 6.31. The van der Waals surface area contributed by atoms with Gasteiger partial charge >= 0.3 is 0 Å². The molecule has 59 heavy (non-hydrogen) atoms. The fourth-order valence-corrected chi connectivity index (χ4v) is 9.50. The van der Waals surface area contributed by atoms with Crippen LogP contribution in [-0.2, 0) is 0 Å². The molecule has 4 heterocycles. The molecule has 4 aromatic heterocycles. The second kappa shape index (κ2) is 12.2. The Balaban J connectivity index is 1.09. The van der Waals surface area contributed by atoms with Crippen molar-refractivity contribution >= 4 is 87.2 Å². The van der Waals surface area contributed by atoms with Crippen LogP contribution in [0.5, 0.6) is 0 Å². The third-order valence-electron chi connectivity index (χ3n) is 12.1. The summed E-state index contributed by atoms with van der Waals surface area (Å²) in [6.07, 6.45) is 0. The lowest BCUT2D eigenvalue weighted by Crippen LogP contribution is -2.03. The lowest BCUT2D eigenvalue weighted by molar-refractivity contribution is 0.669. The lowest BCUT2D eigenvalue weighted by Gasteiger charge is -2.12. The Morgan fingerprint density at radius 3 is 1.86 bits per heavy atom. The van der Waals surface area contributed by atoms with Crippen LogP contribution in [0.25, 0.3) is 121 Å². The Morgan fingerprint density at radius 1 is 0.373 bits per heavy atom. The monoisotopic (exact) mass is 752 g/mol. The summed E-state index contributed by atoms with van der Waals surface area (Å²) < 4.78 is 11.1. The van der Waals surface area contributed by atoms with Gasteiger partial charge in [-0.15, -0.1) is 0 Å². The van der Waals surface area contributed by atoms with Crippen molar-refractivity contribution in [3.63, 3.8) is 0 Å². The van der Waals surface area contributed by atoms with Gasteiger partial charge in [0.05, 0.1) is 33.3 Å². The van der Waals surface area contributed by atoms with Crippen LogP contribution in [0.2, 0.25) is 0 Å². The summed E-state index contributed by atoms with van der Waals surface area (Å²) in [7, 11) is 0. The van der Waals surface area contributed by atoms with Crippen LogP contribution in [-0.4, -0.2) is 19.1 Å². The molecule has 0 amide bonds. The van der Waals surface area contributed by atoms with Gasteiger partial charge in [0.25, 0.3) is 0 Å². The fraction of sp³-hybridized carbons (Fsp3) is 0. The molecule has 0 fully saturated rings. The van der Waals surface area contributed by atoms with Gasteiger partial charge in [0.1, 0.15) is 11.2 Å². The van der Waals surface area contributed by atoms with Crippen LogP contribution in [0.3, 0.4) is 0 Å². The van der Waals surface area contributed by atoms with E-state index in [4.69, 9.17) is 14.4 Å². The zero-order chi connectivity index (χ0) is 38.6. The van der Waals surface area contributed by atoms with Crippen molar-refractivity contribution in [1.82, 2.24) is 19.1 Å². The average Bonchev–Trinajstić information content (AvgIpc) is 3.96. The van der Waals surface area contributed by atoms with Gasteiger partial charge in [-0.2, -0.15) is 0 Å². The number of fused-ring (bicyclic) bond motifs is 13. The Hall–Kier alpha value is -8.02. The van der Waals surface area contributed by atoms with Crippen molar-refractivity contribution in [1.29, 1.82) is 0 Å². The largest absolute Gasteiger partial charge is 0.456 e. The standard InChI is InChI=1S/C54H32N4O/c1-2-12-33(13-3-1)34-22-26-37(27-23-34)57-46-30-31-47-50(51(46)43-29-24-35-14-4-5-15-38(35)53(43)57)42-18-7-10-20-45(42)58(47)54-55-44-19-9-6-17-41(44)52(56-54)36-25-28-40-39-16-8-11-21-48(39)59-49(40)32-36/h1-32H. The molecule has 0 spiro atoms. The first-order valence-corrected chi connectivity index (χ1v) is 20.0. The number of aromatic nitrogens is 4. The average molecular weight is 753 g/mol. The Morgan fingerprint density at radius 2 is 1.00 bits per heavy atom. The van der Waals surface area contributed by atoms with Crippen molar-refractivity contribution in [2.24, 2.45) is 0 Å². The molecule has 0 unspecified atom stereocenters. The molecule has 9 aromatic carbocycles. The second-order valence-corrected chi connectivity index (χ2v) is 15.3. The number of benzene rings is 9. The molecule has 0 N–H and O–H groups in total. The summed E-state index contributed by atoms with van der Waals surface area (Å²) in [6.45, 7) is 0. The number of rotatable bonds is 4. The van der Waals surface area contributed by atoms with E-state index >= 15 is 0 Å². The van der Waals surface area contributed by atoms with Crippen LogP contribution in [0, 0.1) is 0 Å². The molecule has 0 atom stereocenters. The van der Waals surface area contributed by atoms with Gasteiger partial charge in [-0.1, -0.05) is 140 Å². The Kier molecular flexibility index (Phi) is 6.66. The predicted octanol–water partition coefficient (Wildman–Crippen LogP) is 14.2. The zero-order valence-corrected chi connectivity index (χ0v) is 31.7. The smallest absolute Gasteiger partial charge is 0.235 e. The van der Waals surface area contributed by atoms with Crippen LogP contribution in [0.15, 0.2) is 199 Å².